The van der Waals surface area contributed by atoms with Gasteiger partial charge in [0, 0.05) is 57.2 Å². The Kier molecular flexibility index (Phi) is 7.08. The van der Waals surface area contributed by atoms with Gasteiger partial charge in [-0.25, -0.2) is 0 Å². The van der Waals surface area contributed by atoms with E-state index in [0.717, 1.165) is 94.3 Å². The minimum atomic E-state index is 0.629. The van der Waals surface area contributed by atoms with Gasteiger partial charge in [-0.2, -0.15) is 5.26 Å². The highest BCUT2D eigenvalue weighted by molar-refractivity contribution is 6.12. The van der Waals surface area contributed by atoms with Gasteiger partial charge in [-0.1, -0.05) is 42.5 Å². The highest BCUT2D eigenvalue weighted by Crippen LogP contribution is 2.44. The zero-order valence-corrected chi connectivity index (χ0v) is 28.4. The SMILES string of the molecule is COc1ccc2c3ccccc3n(-c3cc(-n4c5ccccc5c5ccc(OC)cc54)c(-c4ccc(C#N)cc4C)cc3-c3ccncc3)c2c1. The first-order valence-corrected chi connectivity index (χ1v) is 16.8. The van der Waals surface area contributed by atoms with Crippen LogP contribution in [-0.2, 0) is 0 Å². The maximum atomic E-state index is 9.78. The minimum Gasteiger partial charge on any atom is -0.497 e. The van der Waals surface area contributed by atoms with Crippen molar-refractivity contribution in [1.82, 2.24) is 14.1 Å². The molecule has 3 heterocycles. The summed E-state index contributed by atoms with van der Waals surface area (Å²) < 4.78 is 16.3. The van der Waals surface area contributed by atoms with Crippen LogP contribution < -0.4 is 9.47 Å². The molecule has 6 heteroatoms. The predicted octanol–water partition coefficient (Wildman–Crippen LogP) is 10.8. The van der Waals surface area contributed by atoms with Crippen molar-refractivity contribution >= 4 is 43.6 Å². The fraction of sp³-hybridized carbons (Fsp3) is 0.0667. The summed E-state index contributed by atoms with van der Waals surface area (Å²) in [7, 11) is 3.41. The van der Waals surface area contributed by atoms with E-state index in [4.69, 9.17) is 9.47 Å². The van der Waals surface area contributed by atoms with Crippen molar-refractivity contribution in [3.63, 3.8) is 0 Å². The molecule has 0 aliphatic rings. The molecule has 3 aromatic heterocycles. The predicted molar refractivity (Wildman–Crippen MR) is 206 cm³/mol. The van der Waals surface area contributed by atoms with Gasteiger partial charge in [0.2, 0.25) is 0 Å². The van der Waals surface area contributed by atoms with Crippen LogP contribution in [0.15, 0.2) is 140 Å². The molecular weight excluding hydrogens is 629 g/mol. The molecule has 0 saturated carbocycles. The van der Waals surface area contributed by atoms with Crippen LogP contribution in [0.1, 0.15) is 11.1 Å². The Morgan fingerprint density at radius 2 is 1.08 bits per heavy atom. The summed E-state index contributed by atoms with van der Waals surface area (Å²) in [6.07, 6.45) is 3.68. The average molecular weight is 661 g/mol. The van der Waals surface area contributed by atoms with Crippen LogP contribution in [0.25, 0.3) is 77.2 Å². The van der Waals surface area contributed by atoms with Crippen LogP contribution in [0.2, 0.25) is 0 Å². The maximum Gasteiger partial charge on any atom is 0.120 e. The van der Waals surface area contributed by atoms with Gasteiger partial charge in [-0.3, -0.25) is 4.98 Å². The van der Waals surface area contributed by atoms with E-state index < -0.39 is 0 Å². The number of nitriles is 1. The number of aryl methyl sites for hydroxylation is 1. The van der Waals surface area contributed by atoms with Crippen molar-refractivity contribution in [1.29, 1.82) is 5.26 Å². The second kappa shape index (κ2) is 11.9. The van der Waals surface area contributed by atoms with Crippen LogP contribution in [0.5, 0.6) is 11.5 Å². The fourth-order valence-electron chi connectivity index (χ4n) is 7.63. The van der Waals surface area contributed by atoms with Gasteiger partial charge in [-0.15, -0.1) is 0 Å². The Morgan fingerprint density at radius 3 is 1.63 bits per heavy atom. The van der Waals surface area contributed by atoms with E-state index in [9.17, 15) is 5.26 Å². The summed E-state index contributed by atoms with van der Waals surface area (Å²) in [5, 5.41) is 14.4. The third-order valence-electron chi connectivity index (χ3n) is 9.99. The van der Waals surface area contributed by atoms with Gasteiger partial charge in [-0.05, 0) is 96.4 Å². The van der Waals surface area contributed by atoms with E-state index in [1.807, 2.05) is 36.7 Å². The van der Waals surface area contributed by atoms with Crippen molar-refractivity contribution < 1.29 is 9.47 Å². The molecule has 0 unspecified atom stereocenters. The number of methoxy groups -OCH3 is 2. The van der Waals surface area contributed by atoms with Crippen molar-refractivity contribution in [3.05, 3.63) is 151 Å². The molecule has 244 valence electrons. The minimum absolute atomic E-state index is 0.629. The lowest BCUT2D eigenvalue weighted by Gasteiger charge is -2.22. The molecule has 0 N–H and O–H groups in total. The van der Waals surface area contributed by atoms with Crippen molar-refractivity contribution in [2.24, 2.45) is 0 Å². The standard InChI is InChI=1S/C45H32N4O2/c1-28-22-29(27-46)12-15-33(28)39-25-38(30-18-20-47-21-19-30)44(48-40-10-6-4-8-34(40)36-16-13-31(50-2)23-42(36)48)26-45(39)49-41-11-7-5-9-35(41)37-17-14-32(51-3)24-43(37)49/h4-26H,1-3H3. The Bertz CT molecular complexity index is 2860. The summed E-state index contributed by atoms with van der Waals surface area (Å²) in [5.41, 5.74) is 12.1. The highest BCUT2D eigenvalue weighted by atomic mass is 16.5. The average Bonchev–Trinajstić information content (AvgIpc) is 3.69. The van der Waals surface area contributed by atoms with E-state index >= 15 is 0 Å². The number of hydrogen-bond donors (Lipinski definition) is 0. The molecule has 0 bridgehead atoms. The first-order valence-electron chi connectivity index (χ1n) is 16.8. The van der Waals surface area contributed by atoms with Crippen molar-refractivity contribution in [3.8, 4) is 51.2 Å². The zero-order valence-electron chi connectivity index (χ0n) is 28.4. The molecular formula is C45H32N4O2. The lowest BCUT2D eigenvalue weighted by Crippen LogP contribution is -2.04. The van der Waals surface area contributed by atoms with Crippen molar-refractivity contribution in [2.75, 3.05) is 14.2 Å². The largest absolute Gasteiger partial charge is 0.497 e. The van der Waals surface area contributed by atoms with Gasteiger partial charge in [0.05, 0.1) is 59.3 Å². The number of ether oxygens (including phenoxy) is 2. The number of hydrogen-bond acceptors (Lipinski definition) is 4. The monoisotopic (exact) mass is 660 g/mol. The van der Waals surface area contributed by atoms with Gasteiger partial charge < -0.3 is 18.6 Å². The van der Waals surface area contributed by atoms with Gasteiger partial charge >= 0.3 is 0 Å². The van der Waals surface area contributed by atoms with Crippen molar-refractivity contribution in [2.45, 2.75) is 6.92 Å². The number of para-hydroxylation sites is 2. The molecule has 0 aliphatic heterocycles. The molecule has 0 saturated heterocycles. The lowest BCUT2D eigenvalue weighted by molar-refractivity contribution is 0.415. The van der Waals surface area contributed by atoms with Crippen LogP contribution >= 0.6 is 0 Å². The Balaban J connectivity index is 1.50. The first-order chi connectivity index (χ1) is 25.1. The molecule has 0 fully saturated rings. The number of pyridine rings is 1. The number of fused-ring (bicyclic) bond motifs is 6. The third kappa shape index (κ3) is 4.74. The molecule has 0 aliphatic carbocycles. The summed E-state index contributed by atoms with van der Waals surface area (Å²) in [6, 6.07) is 46.7. The molecule has 6 aromatic carbocycles. The van der Waals surface area contributed by atoms with E-state index in [2.05, 4.69) is 130 Å². The smallest absolute Gasteiger partial charge is 0.120 e. The quantitative estimate of drug-likeness (QED) is 0.178. The van der Waals surface area contributed by atoms with E-state index in [-0.39, 0.29) is 0 Å². The van der Waals surface area contributed by atoms with Crippen LogP contribution in [0, 0.1) is 18.3 Å². The van der Waals surface area contributed by atoms with E-state index in [1.165, 1.54) is 0 Å². The van der Waals surface area contributed by atoms with E-state index in [1.54, 1.807) is 14.2 Å². The second-order valence-corrected chi connectivity index (χ2v) is 12.7. The molecule has 9 rings (SSSR count). The number of aromatic nitrogens is 3. The molecule has 0 amide bonds. The lowest BCUT2D eigenvalue weighted by atomic mass is 9.92. The highest BCUT2D eigenvalue weighted by Gasteiger charge is 2.23. The Hall–Kier alpha value is -6.84. The number of rotatable bonds is 6. The van der Waals surface area contributed by atoms with Crippen LogP contribution in [0.4, 0.5) is 0 Å². The number of nitrogens with zero attached hydrogens (tertiary/aromatic N) is 4. The second-order valence-electron chi connectivity index (χ2n) is 12.7. The zero-order chi connectivity index (χ0) is 34.6. The summed E-state index contributed by atoms with van der Waals surface area (Å²) in [4.78, 5) is 4.37. The Morgan fingerprint density at radius 1 is 0.529 bits per heavy atom. The third-order valence-corrected chi connectivity index (χ3v) is 9.99. The normalized spacial score (nSPS) is 11.4. The van der Waals surface area contributed by atoms with Crippen LogP contribution in [0.3, 0.4) is 0 Å². The summed E-state index contributed by atoms with van der Waals surface area (Å²) >= 11 is 0. The van der Waals surface area contributed by atoms with E-state index in [0.29, 0.717) is 5.56 Å². The fourth-order valence-corrected chi connectivity index (χ4v) is 7.63. The maximum absolute atomic E-state index is 9.78. The Labute approximate surface area is 295 Å². The number of benzene rings is 6. The molecule has 0 spiro atoms. The van der Waals surface area contributed by atoms with Crippen LogP contribution in [-0.4, -0.2) is 28.3 Å². The summed E-state index contributed by atoms with van der Waals surface area (Å²) in [5.74, 6) is 1.57. The van der Waals surface area contributed by atoms with Gasteiger partial charge in [0.15, 0.2) is 0 Å². The molecule has 51 heavy (non-hydrogen) atoms. The molecule has 6 nitrogen and oxygen atoms in total. The first kappa shape index (κ1) is 30.2. The topological polar surface area (TPSA) is 65.0 Å². The molecule has 0 radical (unpaired) electrons. The molecule has 0 atom stereocenters. The van der Waals surface area contributed by atoms with Gasteiger partial charge in [0.25, 0.3) is 0 Å². The summed E-state index contributed by atoms with van der Waals surface area (Å²) in [6.45, 7) is 2.08. The van der Waals surface area contributed by atoms with Gasteiger partial charge in [0.1, 0.15) is 11.5 Å². The molecule has 9 aromatic rings.